The molecule has 0 radical (unpaired) electrons. The Morgan fingerprint density at radius 2 is 1.92 bits per heavy atom. The van der Waals surface area contributed by atoms with Gasteiger partial charge in [-0.25, -0.2) is 0 Å². The molecule has 2 rings (SSSR count). The fraction of sp³-hybridized carbons (Fsp3) is 0.273. The number of hydrogen-bond acceptors (Lipinski definition) is 0. The molecule has 0 aliphatic carbocycles. The van der Waals surface area contributed by atoms with Crippen LogP contribution in [0.3, 0.4) is 0 Å². The maximum absolute atomic E-state index is 3.61. The lowest BCUT2D eigenvalue weighted by atomic mass is 10.2. The lowest BCUT2D eigenvalue weighted by Crippen LogP contribution is -1.89. The summed E-state index contributed by atoms with van der Waals surface area (Å²) in [6.45, 7) is 4.25. The van der Waals surface area contributed by atoms with Crippen molar-refractivity contribution in [3.8, 4) is 0 Å². The first kappa shape index (κ1) is 8.82. The molecular formula is C11H12BrN. The van der Waals surface area contributed by atoms with Crippen LogP contribution >= 0.6 is 15.9 Å². The number of nitrogens with zero attached hydrogens (tertiary/aromatic N) is 1. The summed E-state index contributed by atoms with van der Waals surface area (Å²) in [6, 6.07) is 6.53. The fourth-order valence-corrected chi connectivity index (χ4v) is 2.23. The maximum Gasteiger partial charge on any atom is 0.0494 e. The molecule has 2 aromatic rings. The van der Waals surface area contributed by atoms with E-state index in [-0.39, 0.29) is 0 Å². The average Bonchev–Trinajstić information content (AvgIpc) is 2.32. The molecular weight excluding hydrogens is 226 g/mol. The number of benzene rings is 1. The number of aryl methyl sites for hydroxylation is 2. The minimum Gasteiger partial charge on any atom is -0.347 e. The van der Waals surface area contributed by atoms with Gasteiger partial charge >= 0.3 is 0 Å². The zero-order valence-corrected chi connectivity index (χ0v) is 9.64. The molecule has 0 aliphatic heterocycles. The molecule has 1 aromatic carbocycles. The van der Waals surface area contributed by atoms with Crippen molar-refractivity contribution >= 4 is 26.8 Å². The Hall–Kier alpha value is -0.760. The molecule has 13 heavy (non-hydrogen) atoms. The third kappa shape index (κ3) is 1.20. The molecule has 0 atom stereocenters. The topological polar surface area (TPSA) is 4.93 Å². The zero-order valence-electron chi connectivity index (χ0n) is 8.06. The molecule has 0 N–H and O–H groups in total. The third-order valence-corrected chi connectivity index (χ3v) is 3.57. The molecule has 0 amide bonds. The van der Waals surface area contributed by atoms with Crippen LogP contribution in [0.5, 0.6) is 0 Å². The Morgan fingerprint density at radius 3 is 2.62 bits per heavy atom. The largest absolute Gasteiger partial charge is 0.347 e. The Morgan fingerprint density at radius 1 is 1.23 bits per heavy atom. The van der Waals surface area contributed by atoms with Crippen molar-refractivity contribution in [3.63, 3.8) is 0 Å². The molecule has 0 aliphatic rings. The number of hydrogen-bond donors (Lipinski definition) is 0. The van der Waals surface area contributed by atoms with Crippen molar-refractivity contribution in [1.29, 1.82) is 0 Å². The quantitative estimate of drug-likeness (QED) is 0.661. The van der Waals surface area contributed by atoms with E-state index in [1.165, 1.54) is 26.6 Å². The highest BCUT2D eigenvalue weighted by molar-refractivity contribution is 9.10. The summed E-state index contributed by atoms with van der Waals surface area (Å²) in [5, 5.41) is 1.30. The van der Waals surface area contributed by atoms with Crippen LogP contribution in [0, 0.1) is 13.8 Å². The van der Waals surface area contributed by atoms with Gasteiger partial charge in [0.05, 0.1) is 0 Å². The molecule has 0 saturated carbocycles. The molecule has 0 bridgehead atoms. The second kappa shape index (κ2) is 2.88. The van der Waals surface area contributed by atoms with Gasteiger partial charge in [-0.2, -0.15) is 0 Å². The van der Waals surface area contributed by atoms with Crippen molar-refractivity contribution < 1.29 is 0 Å². The van der Waals surface area contributed by atoms with E-state index in [0.29, 0.717) is 0 Å². The smallest absolute Gasteiger partial charge is 0.0494 e. The van der Waals surface area contributed by atoms with E-state index in [0.717, 1.165) is 0 Å². The lowest BCUT2D eigenvalue weighted by molar-refractivity contribution is 0.913. The normalized spacial score (nSPS) is 11.1. The Labute approximate surface area is 86.5 Å². The van der Waals surface area contributed by atoms with E-state index < -0.39 is 0 Å². The molecule has 1 nitrogen and oxygen atoms in total. The van der Waals surface area contributed by atoms with E-state index in [1.54, 1.807) is 0 Å². The summed E-state index contributed by atoms with van der Waals surface area (Å²) >= 11 is 3.61. The van der Waals surface area contributed by atoms with Crippen molar-refractivity contribution in [1.82, 2.24) is 4.57 Å². The van der Waals surface area contributed by atoms with Crippen LogP contribution in [-0.4, -0.2) is 4.57 Å². The van der Waals surface area contributed by atoms with E-state index in [1.807, 2.05) is 0 Å². The molecule has 0 saturated heterocycles. The Balaban J connectivity index is 2.95. The number of rotatable bonds is 0. The first-order valence-electron chi connectivity index (χ1n) is 4.32. The fourth-order valence-electron chi connectivity index (χ4n) is 1.63. The van der Waals surface area contributed by atoms with Gasteiger partial charge in [0.25, 0.3) is 0 Å². The predicted octanol–water partition coefficient (Wildman–Crippen LogP) is 3.56. The minimum absolute atomic E-state index is 1.21. The summed E-state index contributed by atoms with van der Waals surface area (Å²) in [6.07, 6.45) is 0. The minimum atomic E-state index is 1.21. The van der Waals surface area contributed by atoms with Gasteiger partial charge in [-0.3, -0.25) is 0 Å². The first-order valence-corrected chi connectivity index (χ1v) is 5.11. The summed E-state index contributed by atoms with van der Waals surface area (Å²) in [5.74, 6) is 0. The first-order chi connectivity index (χ1) is 6.11. The zero-order chi connectivity index (χ0) is 9.59. The molecule has 1 aromatic heterocycles. The van der Waals surface area contributed by atoms with Crippen LogP contribution in [0.1, 0.15) is 11.3 Å². The molecule has 2 heteroatoms. The molecule has 0 fully saturated rings. The summed E-state index contributed by atoms with van der Waals surface area (Å²) in [5.41, 5.74) is 3.88. The van der Waals surface area contributed by atoms with Crippen molar-refractivity contribution in [2.75, 3.05) is 0 Å². The van der Waals surface area contributed by atoms with Gasteiger partial charge in [0.2, 0.25) is 0 Å². The van der Waals surface area contributed by atoms with E-state index in [9.17, 15) is 0 Å². The maximum atomic E-state index is 3.61. The molecule has 1 heterocycles. The number of fused-ring (bicyclic) bond motifs is 1. The molecule has 0 spiro atoms. The summed E-state index contributed by atoms with van der Waals surface area (Å²) in [7, 11) is 2.10. The average molecular weight is 238 g/mol. The van der Waals surface area contributed by atoms with Crippen molar-refractivity contribution in [2.24, 2.45) is 7.05 Å². The van der Waals surface area contributed by atoms with Crippen LogP contribution in [0.25, 0.3) is 10.9 Å². The van der Waals surface area contributed by atoms with Crippen LogP contribution < -0.4 is 0 Å². The highest BCUT2D eigenvalue weighted by Crippen LogP contribution is 2.29. The van der Waals surface area contributed by atoms with Gasteiger partial charge in [-0.1, -0.05) is 12.1 Å². The molecule has 68 valence electrons. The highest BCUT2D eigenvalue weighted by atomic mass is 79.9. The second-order valence-electron chi connectivity index (χ2n) is 3.48. The van der Waals surface area contributed by atoms with Crippen LogP contribution in [0.15, 0.2) is 22.7 Å². The van der Waals surface area contributed by atoms with Crippen molar-refractivity contribution in [2.45, 2.75) is 13.8 Å². The van der Waals surface area contributed by atoms with Gasteiger partial charge in [0.15, 0.2) is 0 Å². The SMILES string of the molecule is Cc1ccc2c(Br)c(C)n(C)c2c1. The second-order valence-corrected chi connectivity index (χ2v) is 4.27. The van der Waals surface area contributed by atoms with Crippen LogP contribution in [0.2, 0.25) is 0 Å². The van der Waals surface area contributed by atoms with Gasteiger partial charge < -0.3 is 4.57 Å². The summed E-state index contributed by atoms with van der Waals surface area (Å²) < 4.78 is 3.43. The van der Waals surface area contributed by atoms with Gasteiger partial charge in [0.1, 0.15) is 0 Å². The van der Waals surface area contributed by atoms with E-state index >= 15 is 0 Å². The lowest BCUT2D eigenvalue weighted by Gasteiger charge is -1.98. The number of halogens is 1. The predicted molar refractivity (Wildman–Crippen MR) is 60.1 cm³/mol. The van der Waals surface area contributed by atoms with E-state index in [4.69, 9.17) is 0 Å². The van der Waals surface area contributed by atoms with E-state index in [2.05, 4.69) is 59.6 Å². The van der Waals surface area contributed by atoms with Gasteiger partial charge in [-0.05, 0) is 41.4 Å². The van der Waals surface area contributed by atoms with Gasteiger partial charge in [0, 0.05) is 28.1 Å². The van der Waals surface area contributed by atoms with Gasteiger partial charge in [-0.15, -0.1) is 0 Å². The molecule has 0 unspecified atom stereocenters. The van der Waals surface area contributed by atoms with Crippen LogP contribution in [0.4, 0.5) is 0 Å². The third-order valence-electron chi connectivity index (χ3n) is 2.57. The van der Waals surface area contributed by atoms with Crippen molar-refractivity contribution in [3.05, 3.63) is 33.9 Å². The Kier molecular flexibility index (Phi) is 1.95. The standard InChI is InChI=1S/C11H12BrN/c1-7-4-5-9-10(6-7)13(3)8(2)11(9)12/h4-6H,1-3H3. The summed E-state index contributed by atoms with van der Waals surface area (Å²) in [4.78, 5) is 0. The van der Waals surface area contributed by atoms with Crippen LogP contribution in [-0.2, 0) is 7.05 Å². The number of aromatic nitrogens is 1. The highest BCUT2D eigenvalue weighted by Gasteiger charge is 2.08. The Bertz CT molecular complexity index is 468. The monoisotopic (exact) mass is 237 g/mol.